The van der Waals surface area contributed by atoms with Gasteiger partial charge in [0.05, 0.1) is 0 Å². The standard InChI is InChI=1S/C10H13N5O.2ClH/c11-6-3-5-9(16)12-10-14-13-8-4-1-2-7-15(8)10;;/h1-2,4,7H,3,5-6,11H2,(H,12,14,16);2*1H. The summed E-state index contributed by atoms with van der Waals surface area (Å²) in [6.45, 7) is 0.508. The van der Waals surface area contributed by atoms with Crippen LogP contribution in [0, 0.1) is 0 Å². The molecule has 1 amide bonds. The van der Waals surface area contributed by atoms with Crippen molar-refractivity contribution in [1.29, 1.82) is 0 Å². The first kappa shape index (κ1) is 16.6. The first-order chi connectivity index (χ1) is 7.81. The van der Waals surface area contributed by atoms with Crippen LogP contribution in [0.4, 0.5) is 5.95 Å². The Kier molecular flexibility index (Phi) is 7.26. The lowest BCUT2D eigenvalue weighted by molar-refractivity contribution is -0.116. The molecule has 100 valence electrons. The number of amides is 1. The van der Waals surface area contributed by atoms with Crippen LogP contribution in [0.2, 0.25) is 0 Å². The summed E-state index contributed by atoms with van der Waals surface area (Å²) in [5.41, 5.74) is 6.03. The van der Waals surface area contributed by atoms with Crippen LogP contribution in [-0.2, 0) is 4.79 Å². The summed E-state index contributed by atoms with van der Waals surface area (Å²) in [6, 6.07) is 5.54. The summed E-state index contributed by atoms with van der Waals surface area (Å²) in [6.07, 6.45) is 2.87. The van der Waals surface area contributed by atoms with Crippen molar-refractivity contribution in [2.75, 3.05) is 11.9 Å². The maximum Gasteiger partial charge on any atom is 0.235 e. The number of hydrogen-bond acceptors (Lipinski definition) is 4. The molecule has 0 aliphatic carbocycles. The number of nitrogens with two attached hydrogens (primary N) is 1. The topological polar surface area (TPSA) is 85.3 Å². The molecule has 0 unspecified atom stereocenters. The molecular weight excluding hydrogens is 277 g/mol. The van der Waals surface area contributed by atoms with Crippen molar-refractivity contribution < 1.29 is 4.79 Å². The van der Waals surface area contributed by atoms with Crippen LogP contribution in [0.1, 0.15) is 12.8 Å². The Morgan fingerprint density at radius 3 is 2.83 bits per heavy atom. The highest BCUT2D eigenvalue weighted by Gasteiger charge is 2.07. The van der Waals surface area contributed by atoms with Gasteiger partial charge >= 0.3 is 0 Å². The van der Waals surface area contributed by atoms with E-state index in [2.05, 4.69) is 15.5 Å². The molecule has 0 bridgehead atoms. The molecule has 0 aromatic carbocycles. The number of halogens is 2. The number of pyridine rings is 1. The van der Waals surface area contributed by atoms with Crippen molar-refractivity contribution in [2.24, 2.45) is 5.73 Å². The molecule has 2 aromatic rings. The average Bonchev–Trinajstić information content (AvgIpc) is 2.70. The average molecular weight is 292 g/mol. The van der Waals surface area contributed by atoms with Gasteiger partial charge in [-0.25, -0.2) is 0 Å². The van der Waals surface area contributed by atoms with Crippen molar-refractivity contribution in [3.63, 3.8) is 0 Å². The fraction of sp³-hybridized carbons (Fsp3) is 0.300. The Bertz CT molecular complexity index is 502. The number of anilines is 1. The van der Waals surface area contributed by atoms with E-state index in [0.717, 1.165) is 0 Å². The normalized spacial score (nSPS) is 9.39. The van der Waals surface area contributed by atoms with Crippen LogP contribution in [0.25, 0.3) is 5.65 Å². The number of fused-ring (bicyclic) bond motifs is 1. The minimum absolute atomic E-state index is 0. The van der Waals surface area contributed by atoms with E-state index in [4.69, 9.17) is 5.73 Å². The van der Waals surface area contributed by atoms with Gasteiger partial charge in [0.15, 0.2) is 5.65 Å². The van der Waals surface area contributed by atoms with Gasteiger partial charge in [-0.15, -0.1) is 35.0 Å². The Balaban J connectivity index is 0.00000144. The monoisotopic (exact) mass is 291 g/mol. The van der Waals surface area contributed by atoms with E-state index in [0.29, 0.717) is 31.0 Å². The Hall–Kier alpha value is -1.37. The van der Waals surface area contributed by atoms with Crippen molar-refractivity contribution >= 4 is 42.3 Å². The summed E-state index contributed by atoms with van der Waals surface area (Å²) in [5.74, 6) is 0.348. The fourth-order valence-corrected chi connectivity index (χ4v) is 1.38. The van der Waals surface area contributed by atoms with Gasteiger partial charge in [0.2, 0.25) is 11.9 Å². The van der Waals surface area contributed by atoms with Crippen molar-refractivity contribution in [3.05, 3.63) is 24.4 Å². The number of hydrogen-bond donors (Lipinski definition) is 2. The van der Waals surface area contributed by atoms with Gasteiger partial charge in [-0.1, -0.05) is 6.07 Å². The summed E-state index contributed by atoms with van der Waals surface area (Å²) < 4.78 is 1.72. The molecule has 0 fully saturated rings. The number of carbonyl (C=O) groups is 1. The quantitative estimate of drug-likeness (QED) is 0.888. The zero-order chi connectivity index (χ0) is 11.4. The summed E-state index contributed by atoms with van der Waals surface area (Å²) in [5, 5.41) is 10.5. The van der Waals surface area contributed by atoms with Crippen molar-refractivity contribution in [3.8, 4) is 0 Å². The highest BCUT2D eigenvalue weighted by Crippen LogP contribution is 2.07. The number of aromatic nitrogens is 3. The molecule has 0 aliphatic rings. The largest absolute Gasteiger partial charge is 0.330 e. The second-order valence-corrected chi connectivity index (χ2v) is 3.39. The van der Waals surface area contributed by atoms with Gasteiger partial charge in [-0.05, 0) is 25.1 Å². The lowest BCUT2D eigenvalue weighted by atomic mass is 10.3. The number of carbonyl (C=O) groups excluding carboxylic acids is 1. The molecule has 0 atom stereocenters. The number of nitrogens with one attached hydrogen (secondary N) is 1. The van der Waals surface area contributed by atoms with Gasteiger partial charge in [-0.2, -0.15) is 0 Å². The molecule has 2 rings (SSSR count). The van der Waals surface area contributed by atoms with Gasteiger partial charge in [0.25, 0.3) is 0 Å². The highest BCUT2D eigenvalue weighted by atomic mass is 35.5. The van der Waals surface area contributed by atoms with E-state index in [1.54, 1.807) is 10.6 Å². The molecule has 0 saturated heterocycles. The predicted octanol–water partition coefficient (Wildman–Crippen LogP) is 1.25. The Morgan fingerprint density at radius 1 is 1.33 bits per heavy atom. The molecular formula is C10H15Cl2N5O. The van der Waals surface area contributed by atoms with Crippen LogP contribution in [0.15, 0.2) is 24.4 Å². The molecule has 0 radical (unpaired) electrons. The van der Waals surface area contributed by atoms with Gasteiger partial charge < -0.3 is 5.73 Å². The third kappa shape index (κ3) is 3.83. The van der Waals surface area contributed by atoms with Crippen molar-refractivity contribution in [2.45, 2.75) is 12.8 Å². The maximum absolute atomic E-state index is 11.5. The van der Waals surface area contributed by atoms with Gasteiger partial charge in [0.1, 0.15) is 0 Å². The maximum atomic E-state index is 11.5. The van der Waals surface area contributed by atoms with Crippen LogP contribution in [0.3, 0.4) is 0 Å². The summed E-state index contributed by atoms with van der Waals surface area (Å²) in [4.78, 5) is 11.5. The third-order valence-electron chi connectivity index (χ3n) is 2.17. The minimum atomic E-state index is -0.0939. The molecule has 0 aliphatic heterocycles. The molecule has 2 aromatic heterocycles. The number of nitrogens with zero attached hydrogens (tertiary/aromatic N) is 3. The SMILES string of the molecule is Cl.Cl.NCCCC(=O)Nc1nnc2ccccn12. The Morgan fingerprint density at radius 2 is 2.11 bits per heavy atom. The van der Waals surface area contributed by atoms with Crippen LogP contribution in [-0.4, -0.2) is 27.0 Å². The molecule has 18 heavy (non-hydrogen) atoms. The van der Waals surface area contributed by atoms with Gasteiger partial charge in [-0.3, -0.25) is 14.5 Å². The van der Waals surface area contributed by atoms with Gasteiger partial charge in [0, 0.05) is 12.6 Å². The lowest BCUT2D eigenvalue weighted by Crippen LogP contribution is -2.15. The van der Waals surface area contributed by atoms with E-state index >= 15 is 0 Å². The van der Waals surface area contributed by atoms with Crippen LogP contribution < -0.4 is 11.1 Å². The van der Waals surface area contributed by atoms with Crippen LogP contribution in [0.5, 0.6) is 0 Å². The summed E-state index contributed by atoms with van der Waals surface area (Å²) >= 11 is 0. The van der Waals surface area contributed by atoms with E-state index < -0.39 is 0 Å². The lowest BCUT2D eigenvalue weighted by Gasteiger charge is -2.01. The predicted molar refractivity (Wildman–Crippen MR) is 74.4 cm³/mol. The zero-order valence-corrected chi connectivity index (χ0v) is 11.2. The molecule has 3 N–H and O–H groups in total. The van der Waals surface area contributed by atoms with E-state index in [1.807, 2.05) is 18.2 Å². The Labute approximate surface area is 117 Å². The first-order valence-electron chi connectivity index (χ1n) is 5.11. The second kappa shape index (κ2) is 7.86. The van der Waals surface area contributed by atoms with E-state index in [9.17, 15) is 4.79 Å². The zero-order valence-electron chi connectivity index (χ0n) is 9.57. The summed E-state index contributed by atoms with van der Waals surface area (Å²) in [7, 11) is 0. The molecule has 0 saturated carbocycles. The third-order valence-corrected chi connectivity index (χ3v) is 2.17. The molecule has 2 heterocycles. The second-order valence-electron chi connectivity index (χ2n) is 3.39. The smallest absolute Gasteiger partial charge is 0.235 e. The molecule has 6 nitrogen and oxygen atoms in total. The van der Waals surface area contributed by atoms with Crippen molar-refractivity contribution in [1.82, 2.24) is 14.6 Å². The van der Waals surface area contributed by atoms with E-state index in [-0.39, 0.29) is 30.7 Å². The minimum Gasteiger partial charge on any atom is -0.330 e. The molecule has 0 spiro atoms. The first-order valence-corrected chi connectivity index (χ1v) is 5.11. The molecule has 8 heteroatoms. The fourth-order valence-electron chi connectivity index (χ4n) is 1.38. The van der Waals surface area contributed by atoms with Crippen LogP contribution >= 0.6 is 24.8 Å². The number of rotatable bonds is 4. The highest BCUT2D eigenvalue weighted by molar-refractivity contribution is 5.89. The van der Waals surface area contributed by atoms with E-state index in [1.165, 1.54) is 0 Å².